The minimum absolute atomic E-state index is 0.294. The first-order valence-corrected chi connectivity index (χ1v) is 9.03. The summed E-state index contributed by atoms with van der Waals surface area (Å²) in [7, 11) is 0. The van der Waals surface area contributed by atoms with Crippen molar-refractivity contribution in [3.63, 3.8) is 0 Å². The Hall–Kier alpha value is -2.15. The highest BCUT2D eigenvalue weighted by Gasteiger charge is 2.33. The van der Waals surface area contributed by atoms with Gasteiger partial charge in [-0.25, -0.2) is 0 Å². The molecule has 0 bridgehead atoms. The van der Waals surface area contributed by atoms with E-state index in [9.17, 15) is 18.0 Å². The molecular formula is C19H20F3NO2S. The summed E-state index contributed by atoms with van der Waals surface area (Å²) < 4.78 is 40.3. The van der Waals surface area contributed by atoms with Crippen LogP contribution < -0.4 is 4.31 Å². The van der Waals surface area contributed by atoms with Crippen molar-refractivity contribution in [3.05, 3.63) is 48.0 Å². The van der Waals surface area contributed by atoms with Crippen molar-refractivity contribution in [2.75, 3.05) is 10.8 Å². The van der Waals surface area contributed by atoms with Gasteiger partial charge in [0.15, 0.2) is 0 Å². The Labute approximate surface area is 155 Å². The van der Waals surface area contributed by atoms with Gasteiger partial charge in [-0.3, -0.25) is 4.79 Å². The van der Waals surface area contributed by atoms with Crippen LogP contribution in [-0.4, -0.2) is 17.6 Å². The predicted octanol–water partition coefficient (Wildman–Crippen LogP) is 6.09. The molecule has 0 radical (unpaired) electrons. The third kappa shape index (κ3) is 4.72. The summed E-state index contributed by atoms with van der Waals surface area (Å²) in [4.78, 5) is 11.7. The number of hydrogen-bond acceptors (Lipinski definition) is 3. The van der Waals surface area contributed by atoms with Crippen LogP contribution in [0.5, 0.6) is 0 Å². The molecule has 7 heteroatoms. The number of alkyl halides is 3. The van der Waals surface area contributed by atoms with Crippen LogP contribution in [0.1, 0.15) is 32.3 Å². The summed E-state index contributed by atoms with van der Waals surface area (Å²) in [5.41, 5.74) is 0.794. The number of hydrogen-bond donors (Lipinski definition) is 1. The van der Waals surface area contributed by atoms with E-state index >= 15 is 0 Å². The standard InChI is InChI=1S/C15H10F3NO2S.C4H10/c16-15(17,18)9-5-6-12-11(7-9)10-3-1-2-4-13(10)22-19(12)8-14(20)21;1-3-4-2/h1-7H,8H2,(H,20,21);3-4H2,1-2H3. The van der Waals surface area contributed by atoms with Crippen LogP contribution in [0.4, 0.5) is 18.9 Å². The molecular weight excluding hydrogens is 363 g/mol. The van der Waals surface area contributed by atoms with Crippen LogP contribution in [0, 0.1) is 0 Å². The summed E-state index contributed by atoms with van der Waals surface area (Å²) >= 11 is 1.21. The summed E-state index contributed by atoms with van der Waals surface area (Å²) in [5, 5.41) is 8.99. The van der Waals surface area contributed by atoms with E-state index < -0.39 is 17.7 Å². The van der Waals surface area contributed by atoms with Gasteiger partial charge >= 0.3 is 12.1 Å². The van der Waals surface area contributed by atoms with Crippen LogP contribution in [0.3, 0.4) is 0 Å². The summed E-state index contributed by atoms with van der Waals surface area (Å²) in [5.74, 6) is -1.04. The second-order valence-corrected chi connectivity index (χ2v) is 6.81. The van der Waals surface area contributed by atoms with E-state index in [1.165, 1.54) is 35.2 Å². The van der Waals surface area contributed by atoms with Crippen LogP contribution in [0.25, 0.3) is 11.1 Å². The zero-order valence-corrected chi connectivity index (χ0v) is 15.3. The van der Waals surface area contributed by atoms with Crippen molar-refractivity contribution in [1.29, 1.82) is 0 Å². The number of carboxylic acids is 1. The molecule has 26 heavy (non-hydrogen) atoms. The molecule has 2 aromatic carbocycles. The van der Waals surface area contributed by atoms with Gasteiger partial charge in [0, 0.05) is 10.5 Å². The van der Waals surface area contributed by atoms with E-state index in [-0.39, 0.29) is 6.54 Å². The lowest BCUT2D eigenvalue weighted by Crippen LogP contribution is -2.25. The van der Waals surface area contributed by atoms with E-state index in [1.54, 1.807) is 24.3 Å². The fraction of sp³-hybridized carbons (Fsp3) is 0.316. The average Bonchev–Trinajstić information content (AvgIpc) is 2.60. The second-order valence-electron chi connectivity index (χ2n) is 5.75. The molecule has 1 aliphatic rings. The predicted molar refractivity (Wildman–Crippen MR) is 98.3 cm³/mol. The highest BCUT2D eigenvalue weighted by molar-refractivity contribution is 8.01. The molecule has 3 nitrogen and oxygen atoms in total. The van der Waals surface area contributed by atoms with E-state index in [0.717, 1.165) is 17.0 Å². The van der Waals surface area contributed by atoms with E-state index in [1.807, 2.05) is 0 Å². The molecule has 0 fully saturated rings. The van der Waals surface area contributed by atoms with Gasteiger partial charge in [0.1, 0.15) is 6.54 Å². The van der Waals surface area contributed by atoms with Crippen molar-refractivity contribution in [3.8, 4) is 11.1 Å². The van der Waals surface area contributed by atoms with Gasteiger partial charge < -0.3 is 9.41 Å². The molecule has 0 unspecified atom stereocenters. The number of rotatable bonds is 3. The van der Waals surface area contributed by atoms with E-state index in [0.29, 0.717) is 16.8 Å². The Balaban J connectivity index is 0.000000552. The smallest absolute Gasteiger partial charge is 0.416 e. The highest BCUT2D eigenvalue weighted by atomic mass is 32.2. The third-order valence-electron chi connectivity index (χ3n) is 3.76. The van der Waals surface area contributed by atoms with Crippen LogP contribution in [-0.2, 0) is 11.0 Å². The van der Waals surface area contributed by atoms with Gasteiger partial charge in [-0.1, -0.05) is 44.9 Å². The SMILES string of the molecule is CCCC.O=C(O)CN1Sc2ccccc2-c2cc(C(F)(F)F)ccc21. The number of nitrogens with zero attached hydrogens (tertiary/aromatic N) is 1. The van der Waals surface area contributed by atoms with Gasteiger partial charge in [0.05, 0.1) is 11.3 Å². The Kier molecular flexibility index (Phi) is 6.58. The Bertz CT molecular complexity index is 776. The maximum absolute atomic E-state index is 12.9. The zero-order valence-electron chi connectivity index (χ0n) is 14.5. The Morgan fingerprint density at radius 3 is 2.31 bits per heavy atom. The molecule has 1 heterocycles. The van der Waals surface area contributed by atoms with Crippen molar-refractivity contribution in [2.24, 2.45) is 0 Å². The summed E-state index contributed by atoms with van der Waals surface area (Å²) in [6.07, 6.45) is -1.80. The topological polar surface area (TPSA) is 40.5 Å². The first-order chi connectivity index (χ1) is 12.3. The molecule has 1 N–H and O–H groups in total. The molecule has 2 aromatic rings. The lowest BCUT2D eigenvalue weighted by atomic mass is 10.00. The monoisotopic (exact) mass is 383 g/mol. The number of aliphatic carboxylic acids is 1. The molecule has 0 atom stereocenters. The van der Waals surface area contributed by atoms with Crippen LogP contribution in [0.15, 0.2) is 47.4 Å². The molecule has 3 rings (SSSR count). The van der Waals surface area contributed by atoms with E-state index in [4.69, 9.17) is 5.11 Å². The first-order valence-electron chi connectivity index (χ1n) is 8.25. The largest absolute Gasteiger partial charge is 0.480 e. The lowest BCUT2D eigenvalue weighted by Gasteiger charge is -2.30. The van der Waals surface area contributed by atoms with Gasteiger partial charge in [-0.15, -0.1) is 0 Å². The molecule has 0 spiro atoms. The Morgan fingerprint density at radius 1 is 1.08 bits per heavy atom. The number of fused-ring (bicyclic) bond motifs is 3. The van der Waals surface area contributed by atoms with E-state index in [2.05, 4.69) is 13.8 Å². The molecule has 0 aromatic heterocycles. The number of benzene rings is 2. The lowest BCUT2D eigenvalue weighted by molar-refractivity contribution is -0.137. The highest BCUT2D eigenvalue weighted by Crippen LogP contribution is 2.47. The summed E-state index contributed by atoms with van der Waals surface area (Å²) in [6.45, 7) is 4.07. The third-order valence-corrected chi connectivity index (χ3v) is 4.86. The number of carboxylic acid groups (broad SMARTS) is 1. The molecule has 1 aliphatic heterocycles. The second kappa shape index (κ2) is 8.49. The first kappa shape index (κ1) is 20.2. The number of unbranched alkanes of at least 4 members (excludes halogenated alkanes) is 1. The molecule has 140 valence electrons. The van der Waals surface area contributed by atoms with Gasteiger partial charge in [-0.05, 0) is 41.8 Å². The Morgan fingerprint density at radius 2 is 1.73 bits per heavy atom. The van der Waals surface area contributed by atoms with Gasteiger partial charge in [0.25, 0.3) is 0 Å². The normalized spacial score (nSPS) is 12.6. The maximum atomic E-state index is 12.9. The average molecular weight is 383 g/mol. The van der Waals surface area contributed by atoms with Gasteiger partial charge in [-0.2, -0.15) is 13.2 Å². The quantitative estimate of drug-likeness (QED) is 0.651. The minimum atomic E-state index is -4.44. The van der Waals surface area contributed by atoms with Gasteiger partial charge in [0.2, 0.25) is 0 Å². The van der Waals surface area contributed by atoms with Crippen molar-refractivity contribution in [1.82, 2.24) is 0 Å². The fourth-order valence-corrected chi connectivity index (χ4v) is 3.41. The van der Waals surface area contributed by atoms with Crippen molar-refractivity contribution in [2.45, 2.75) is 37.8 Å². The maximum Gasteiger partial charge on any atom is 0.416 e. The number of anilines is 1. The molecule has 0 saturated heterocycles. The van der Waals surface area contributed by atoms with Crippen molar-refractivity contribution < 1.29 is 23.1 Å². The minimum Gasteiger partial charge on any atom is -0.480 e. The number of halogens is 3. The molecule has 0 amide bonds. The van der Waals surface area contributed by atoms with Crippen molar-refractivity contribution >= 4 is 23.6 Å². The molecule has 0 aliphatic carbocycles. The molecule has 0 saturated carbocycles. The fourth-order valence-electron chi connectivity index (χ4n) is 2.32. The zero-order chi connectivity index (χ0) is 19.3. The van der Waals surface area contributed by atoms with Crippen LogP contribution in [0.2, 0.25) is 0 Å². The number of carbonyl (C=O) groups is 1. The summed E-state index contributed by atoms with van der Waals surface area (Å²) in [6, 6.07) is 10.4. The van der Waals surface area contributed by atoms with Crippen LogP contribution >= 0.6 is 11.9 Å².